The Labute approximate surface area is 132 Å². The fourth-order valence-corrected chi connectivity index (χ4v) is 2.10. The standard InChI is InChI=1S/C16H17F2N3O2/c1-10(11-5-7-19-8-6-11)21-16(23)20-9-14(22)15-12(17)3-2-4-13(15)18/h2-8,10,14,22H,9H2,1H3,(H2,20,21,23). The van der Waals surface area contributed by atoms with Gasteiger partial charge in [0.15, 0.2) is 0 Å². The van der Waals surface area contributed by atoms with Crippen molar-refractivity contribution in [3.05, 3.63) is 65.5 Å². The van der Waals surface area contributed by atoms with E-state index in [1.807, 2.05) is 0 Å². The highest BCUT2D eigenvalue weighted by Crippen LogP contribution is 2.20. The van der Waals surface area contributed by atoms with Gasteiger partial charge in [-0.3, -0.25) is 4.98 Å². The van der Waals surface area contributed by atoms with Crippen LogP contribution < -0.4 is 10.6 Å². The molecule has 1 aromatic heterocycles. The van der Waals surface area contributed by atoms with Crippen molar-refractivity contribution in [1.29, 1.82) is 0 Å². The van der Waals surface area contributed by atoms with Crippen molar-refractivity contribution >= 4 is 6.03 Å². The van der Waals surface area contributed by atoms with Crippen molar-refractivity contribution in [3.8, 4) is 0 Å². The normalized spacial score (nSPS) is 13.2. The maximum Gasteiger partial charge on any atom is 0.315 e. The molecule has 1 aromatic carbocycles. The molecule has 7 heteroatoms. The van der Waals surface area contributed by atoms with Crippen LogP contribution in [0.5, 0.6) is 0 Å². The summed E-state index contributed by atoms with van der Waals surface area (Å²) >= 11 is 0. The number of halogens is 2. The number of urea groups is 1. The Morgan fingerprint density at radius 1 is 1.22 bits per heavy atom. The molecule has 0 spiro atoms. The lowest BCUT2D eigenvalue weighted by atomic mass is 10.1. The van der Waals surface area contributed by atoms with Gasteiger partial charge in [-0.1, -0.05) is 6.07 Å². The average Bonchev–Trinajstić information content (AvgIpc) is 2.53. The Bertz CT molecular complexity index is 647. The first-order valence-electron chi connectivity index (χ1n) is 7.05. The molecule has 2 unspecified atom stereocenters. The van der Waals surface area contributed by atoms with Gasteiger partial charge < -0.3 is 15.7 Å². The van der Waals surface area contributed by atoms with Crippen LogP contribution in [-0.4, -0.2) is 22.7 Å². The lowest BCUT2D eigenvalue weighted by Gasteiger charge is -2.17. The molecule has 2 amide bonds. The average molecular weight is 321 g/mol. The van der Waals surface area contributed by atoms with Crippen LogP contribution in [0.1, 0.15) is 30.2 Å². The smallest absolute Gasteiger partial charge is 0.315 e. The van der Waals surface area contributed by atoms with Crippen LogP contribution in [0, 0.1) is 11.6 Å². The molecular formula is C16H17F2N3O2. The van der Waals surface area contributed by atoms with Crippen molar-refractivity contribution in [2.24, 2.45) is 0 Å². The highest BCUT2D eigenvalue weighted by molar-refractivity contribution is 5.74. The Morgan fingerprint density at radius 3 is 2.43 bits per heavy atom. The van der Waals surface area contributed by atoms with Crippen LogP contribution in [0.4, 0.5) is 13.6 Å². The topological polar surface area (TPSA) is 74.2 Å². The number of nitrogens with zero attached hydrogens (tertiary/aromatic N) is 1. The van der Waals surface area contributed by atoms with Gasteiger partial charge in [-0.2, -0.15) is 0 Å². The number of benzene rings is 1. The highest BCUT2D eigenvalue weighted by Gasteiger charge is 2.18. The van der Waals surface area contributed by atoms with E-state index in [0.29, 0.717) is 0 Å². The molecule has 0 aliphatic heterocycles. The van der Waals surface area contributed by atoms with Gasteiger partial charge >= 0.3 is 6.03 Å². The quantitative estimate of drug-likeness (QED) is 0.792. The molecule has 0 aliphatic rings. The summed E-state index contributed by atoms with van der Waals surface area (Å²) in [4.78, 5) is 15.7. The molecule has 5 nitrogen and oxygen atoms in total. The third kappa shape index (κ3) is 4.46. The van der Waals surface area contributed by atoms with E-state index in [2.05, 4.69) is 15.6 Å². The maximum absolute atomic E-state index is 13.5. The fourth-order valence-electron chi connectivity index (χ4n) is 2.10. The van der Waals surface area contributed by atoms with E-state index < -0.39 is 29.3 Å². The number of aliphatic hydroxyl groups is 1. The minimum absolute atomic E-state index is 0.277. The molecule has 0 saturated heterocycles. The lowest BCUT2D eigenvalue weighted by Crippen LogP contribution is -2.39. The molecule has 2 atom stereocenters. The lowest BCUT2D eigenvalue weighted by molar-refractivity contribution is 0.164. The molecule has 23 heavy (non-hydrogen) atoms. The summed E-state index contributed by atoms with van der Waals surface area (Å²) in [5.74, 6) is -1.71. The maximum atomic E-state index is 13.5. The largest absolute Gasteiger partial charge is 0.386 e. The van der Waals surface area contributed by atoms with E-state index in [1.165, 1.54) is 6.07 Å². The number of pyridine rings is 1. The molecule has 2 rings (SSSR count). The van der Waals surface area contributed by atoms with Gasteiger partial charge in [-0.15, -0.1) is 0 Å². The van der Waals surface area contributed by atoms with Crippen LogP contribution >= 0.6 is 0 Å². The predicted octanol–water partition coefficient (Wildman–Crippen LogP) is 2.45. The zero-order chi connectivity index (χ0) is 16.8. The van der Waals surface area contributed by atoms with Crippen molar-refractivity contribution < 1.29 is 18.7 Å². The number of nitrogens with one attached hydrogen (secondary N) is 2. The number of aliphatic hydroxyl groups excluding tert-OH is 1. The Balaban J connectivity index is 1.89. The second kappa shape index (κ2) is 7.64. The van der Waals surface area contributed by atoms with Crippen LogP contribution in [-0.2, 0) is 0 Å². The number of rotatable bonds is 5. The summed E-state index contributed by atoms with van der Waals surface area (Å²) in [6, 6.07) is 5.99. The minimum Gasteiger partial charge on any atom is -0.386 e. The summed E-state index contributed by atoms with van der Waals surface area (Å²) in [5, 5.41) is 14.9. The third-order valence-corrected chi connectivity index (χ3v) is 3.34. The molecule has 0 bridgehead atoms. The second-order valence-electron chi connectivity index (χ2n) is 5.01. The van der Waals surface area contributed by atoms with Gasteiger partial charge in [0.2, 0.25) is 0 Å². The summed E-state index contributed by atoms with van der Waals surface area (Å²) in [7, 11) is 0. The van der Waals surface area contributed by atoms with Gasteiger partial charge in [0, 0.05) is 18.9 Å². The molecule has 0 aliphatic carbocycles. The van der Waals surface area contributed by atoms with E-state index in [4.69, 9.17) is 0 Å². The van der Waals surface area contributed by atoms with Crippen LogP contribution in [0.3, 0.4) is 0 Å². The van der Waals surface area contributed by atoms with Gasteiger partial charge in [0.05, 0.1) is 11.6 Å². The van der Waals surface area contributed by atoms with E-state index in [0.717, 1.165) is 17.7 Å². The summed E-state index contributed by atoms with van der Waals surface area (Å²) in [6.07, 6.45) is 1.74. The third-order valence-electron chi connectivity index (χ3n) is 3.34. The number of hydrogen-bond donors (Lipinski definition) is 3. The molecule has 122 valence electrons. The van der Waals surface area contributed by atoms with Crippen molar-refractivity contribution in [3.63, 3.8) is 0 Å². The zero-order valence-corrected chi connectivity index (χ0v) is 12.5. The van der Waals surface area contributed by atoms with Gasteiger partial charge in [0.25, 0.3) is 0 Å². The molecule has 0 saturated carbocycles. The van der Waals surface area contributed by atoms with Crippen molar-refractivity contribution in [2.45, 2.75) is 19.1 Å². The Morgan fingerprint density at radius 2 is 1.83 bits per heavy atom. The number of carbonyl (C=O) groups excluding carboxylic acids is 1. The summed E-state index contributed by atoms with van der Waals surface area (Å²) < 4.78 is 27.0. The van der Waals surface area contributed by atoms with E-state index in [-0.39, 0.29) is 12.6 Å². The van der Waals surface area contributed by atoms with Crippen molar-refractivity contribution in [2.75, 3.05) is 6.54 Å². The number of carbonyl (C=O) groups is 1. The number of aromatic nitrogens is 1. The zero-order valence-electron chi connectivity index (χ0n) is 12.5. The van der Waals surface area contributed by atoms with E-state index >= 15 is 0 Å². The number of amides is 2. The first-order chi connectivity index (χ1) is 11.0. The Kier molecular flexibility index (Phi) is 5.59. The molecule has 3 N–H and O–H groups in total. The monoisotopic (exact) mass is 321 g/mol. The first kappa shape index (κ1) is 16.8. The number of hydrogen-bond acceptors (Lipinski definition) is 3. The van der Waals surface area contributed by atoms with E-state index in [9.17, 15) is 18.7 Å². The summed E-state index contributed by atoms with van der Waals surface area (Å²) in [5.41, 5.74) is 0.394. The highest BCUT2D eigenvalue weighted by atomic mass is 19.1. The summed E-state index contributed by atoms with van der Waals surface area (Å²) in [6.45, 7) is 1.47. The van der Waals surface area contributed by atoms with Crippen LogP contribution in [0.15, 0.2) is 42.7 Å². The van der Waals surface area contributed by atoms with Gasteiger partial charge in [-0.25, -0.2) is 13.6 Å². The fraction of sp³-hybridized carbons (Fsp3) is 0.250. The van der Waals surface area contributed by atoms with Gasteiger partial charge in [-0.05, 0) is 36.8 Å². The predicted molar refractivity (Wildman–Crippen MR) is 80.5 cm³/mol. The van der Waals surface area contributed by atoms with Crippen LogP contribution in [0.25, 0.3) is 0 Å². The minimum atomic E-state index is -1.47. The molecule has 0 fully saturated rings. The molecule has 2 aromatic rings. The second-order valence-corrected chi connectivity index (χ2v) is 5.01. The molecule has 1 heterocycles. The SMILES string of the molecule is CC(NC(=O)NCC(O)c1c(F)cccc1F)c1ccncc1. The molecular weight excluding hydrogens is 304 g/mol. The van der Waals surface area contributed by atoms with E-state index in [1.54, 1.807) is 31.5 Å². The molecule has 0 radical (unpaired) electrons. The van der Waals surface area contributed by atoms with Crippen molar-refractivity contribution in [1.82, 2.24) is 15.6 Å². The first-order valence-corrected chi connectivity index (χ1v) is 7.05. The Hall–Kier alpha value is -2.54. The van der Waals surface area contributed by atoms with Crippen LogP contribution in [0.2, 0.25) is 0 Å². The van der Waals surface area contributed by atoms with Gasteiger partial charge in [0.1, 0.15) is 17.7 Å².